The Labute approximate surface area is 157 Å². The van der Waals surface area contributed by atoms with Crippen molar-refractivity contribution in [3.05, 3.63) is 46.4 Å². The smallest absolute Gasteiger partial charge is 0.255 e. The number of ether oxygens (including phenoxy) is 2. The molecular weight excluding hydrogens is 348 g/mol. The van der Waals surface area contributed by atoms with Gasteiger partial charge in [0.05, 0.1) is 19.8 Å². The Kier molecular flexibility index (Phi) is 6.08. The van der Waals surface area contributed by atoms with Crippen molar-refractivity contribution < 1.29 is 14.3 Å². The van der Waals surface area contributed by atoms with Crippen molar-refractivity contribution in [2.24, 2.45) is 0 Å². The summed E-state index contributed by atoms with van der Waals surface area (Å²) in [5, 5.41) is 2.81. The number of anilines is 2. The summed E-state index contributed by atoms with van der Waals surface area (Å²) in [7, 11) is 0. The van der Waals surface area contributed by atoms with Crippen LogP contribution >= 0.6 is 0 Å². The van der Waals surface area contributed by atoms with Crippen molar-refractivity contribution in [3.63, 3.8) is 0 Å². The topological polar surface area (TPSA) is 85.7 Å². The van der Waals surface area contributed by atoms with Crippen molar-refractivity contribution in [2.75, 3.05) is 43.1 Å². The molecule has 1 amide bonds. The average molecular weight is 372 g/mol. The minimum Gasteiger partial charge on any atom is -0.494 e. The summed E-state index contributed by atoms with van der Waals surface area (Å²) in [6, 6.07) is 8.55. The van der Waals surface area contributed by atoms with Crippen LogP contribution in [-0.2, 0) is 16.1 Å². The third kappa shape index (κ3) is 4.85. The molecule has 8 heteroatoms. The Morgan fingerprint density at radius 1 is 1.26 bits per heavy atom. The molecule has 2 heterocycles. The minimum atomic E-state index is -0.290. The predicted octanol–water partition coefficient (Wildman–Crippen LogP) is 1.43. The molecule has 0 bridgehead atoms. The first kappa shape index (κ1) is 18.9. The van der Waals surface area contributed by atoms with Gasteiger partial charge in [-0.15, -0.1) is 0 Å². The molecule has 1 saturated heterocycles. The number of rotatable bonds is 6. The lowest BCUT2D eigenvalue weighted by Crippen LogP contribution is -2.41. The molecule has 1 fully saturated rings. The number of carbonyl (C=O) groups excluding carboxylic acids is 1. The van der Waals surface area contributed by atoms with Crippen LogP contribution in [0.15, 0.2) is 35.1 Å². The monoisotopic (exact) mass is 372 g/mol. The van der Waals surface area contributed by atoms with Gasteiger partial charge in [0.15, 0.2) is 0 Å². The number of aromatic nitrogens is 2. The summed E-state index contributed by atoms with van der Waals surface area (Å²) in [5.41, 5.74) is 1.03. The summed E-state index contributed by atoms with van der Waals surface area (Å²) >= 11 is 0. The third-order valence-electron chi connectivity index (χ3n) is 4.16. The fraction of sp³-hybridized carbons (Fsp3) is 0.421. The molecule has 144 valence electrons. The van der Waals surface area contributed by atoms with Crippen LogP contribution in [0.1, 0.15) is 12.6 Å². The van der Waals surface area contributed by atoms with E-state index in [0.717, 1.165) is 5.75 Å². The molecule has 1 aliphatic heterocycles. The Hall–Kier alpha value is -2.87. The summed E-state index contributed by atoms with van der Waals surface area (Å²) in [6.07, 6.45) is 0. The Bertz CT molecular complexity index is 842. The number of aryl methyl sites for hydroxylation is 1. The van der Waals surface area contributed by atoms with E-state index in [-0.39, 0.29) is 18.0 Å². The molecular formula is C19H24N4O4. The van der Waals surface area contributed by atoms with Crippen LogP contribution in [0.2, 0.25) is 0 Å². The second-order valence-corrected chi connectivity index (χ2v) is 6.23. The van der Waals surface area contributed by atoms with Gasteiger partial charge in [-0.1, -0.05) is 0 Å². The molecule has 8 nitrogen and oxygen atoms in total. The number of hydrogen-bond acceptors (Lipinski definition) is 6. The quantitative estimate of drug-likeness (QED) is 0.826. The van der Waals surface area contributed by atoms with E-state index >= 15 is 0 Å². The molecule has 0 radical (unpaired) electrons. The number of nitrogens with zero attached hydrogens (tertiary/aromatic N) is 3. The van der Waals surface area contributed by atoms with Gasteiger partial charge in [-0.05, 0) is 38.1 Å². The first-order chi connectivity index (χ1) is 13.1. The SMILES string of the molecule is CCOc1ccc(NC(=O)Cn2c(N3CCOCC3)nc(C)cc2=O)cc1. The van der Waals surface area contributed by atoms with E-state index in [1.165, 1.54) is 10.6 Å². The highest BCUT2D eigenvalue weighted by atomic mass is 16.5. The third-order valence-corrected chi connectivity index (χ3v) is 4.16. The molecule has 1 aromatic heterocycles. The summed E-state index contributed by atoms with van der Waals surface area (Å²) in [4.78, 5) is 31.4. The van der Waals surface area contributed by atoms with E-state index in [9.17, 15) is 9.59 Å². The molecule has 0 atom stereocenters. The van der Waals surface area contributed by atoms with Crippen LogP contribution in [0, 0.1) is 6.92 Å². The van der Waals surface area contributed by atoms with Crippen molar-refractivity contribution in [1.82, 2.24) is 9.55 Å². The lowest BCUT2D eigenvalue weighted by atomic mass is 10.3. The van der Waals surface area contributed by atoms with Crippen LogP contribution in [-0.4, -0.2) is 48.4 Å². The van der Waals surface area contributed by atoms with E-state index in [1.54, 1.807) is 31.2 Å². The Morgan fingerprint density at radius 3 is 2.63 bits per heavy atom. The van der Waals surface area contributed by atoms with Crippen LogP contribution in [0.4, 0.5) is 11.6 Å². The van der Waals surface area contributed by atoms with Gasteiger partial charge < -0.3 is 19.7 Å². The highest BCUT2D eigenvalue weighted by Crippen LogP contribution is 2.16. The molecule has 1 aromatic carbocycles. The molecule has 1 N–H and O–H groups in total. The lowest BCUT2D eigenvalue weighted by Gasteiger charge is -2.29. The molecule has 27 heavy (non-hydrogen) atoms. The summed E-state index contributed by atoms with van der Waals surface area (Å²) in [5.74, 6) is 0.954. The van der Waals surface area contributed by atoms with E-state index in [1.807, 2.05) is 11.8 Å². The highest BCUT2D eigenvalue weighted by molar-refractivity contribution is 5.90. The zero-order chi connectivity index (χ0) is 19.2. The first-order valence-corrected chi connectivity index (χ1v) is 9.00. The van der Waals surface area contributed by atoms with E-state index in [4.69, 9.17) is 9.47 Å². The number of amides is 1. The molecule has 3 rings (SSSR count). The van der Waals surface area contributed by atoms with Gasteiger partial charge in [0.2, 0.25) is 11.9 Å². The largest absolute Gasteiger partial charge is 0.494 e. The van der Waals surface area contributed by atoms with Crippen molar-refractivity contribution in [3.8, 4) is 5.75 Å². The number of nitrogens with one attached hydrogen (secondary N) is 1. The van der Waals surface area contributed by atoms with Gasteiger partial charge in [-0.3, -0.25) is 14.2 Å². The second-order valence-electron chi connectivity index (χ2n) is 6.23. The van der Waals surface area contributed by atoms with Crippen LogP contribution in [0.25, 0.3) is 0 Å². The summed E-state index contributed by atoms with van der Waals surface area (Å²) < 4.78 is 12.2. The van der Waals surface area contributed by atoms with E-state index in [2.05, 4.69) is 10.3 Å². The molecule has 2 aromatic rings. The lowest BCUT2D eigenvalue weighted by molar-refractivity contribution is -0.116. The summed E-state index contributed by atoms with van der Waals surface area (Å²) in [6.45, 7) is 6.58. The zero-order valence-electron chi connectivity index (χ0n) is 15.6. The van der Waals surface area contributed by atoms with Crippen molar-refractivity contribution in [2.45, 2.75) is 20.4 Å². The maximum Gasteiger partial charge on any atom is 0.255 e. The second kappa shape index (κ2) is 8.68. The van der Waals surface area contributed by atoms with Gasteiger partial charge in [-0.2, -0.15) is 0 Å². The van der Waals surface area contributed by atoms with Gasteiger partial charge in [0.25, 0.3) is 5.56 Å². The zero-order valence-corrected chi connectivity index (χ0v) is 15.6. The van der Waals surface area contributed by atoms with Crippen LogP contribution in [0.3, 0.4) is 0 Å². The van der Waals surface area contributed by atoms with Gasteiger partial charge >= 0.3 is 0 Å². The molecule has 0 saturated carbocycles. The van der Waals surface area contributed by atoms with Crippen molar-refractivity contribution >= 4 is 17.5 Å². The van der Waals surface area contributed by atoms with Gasteiger partial charge in [-0.25, -0.2) is 4.98 Å². The fourth-order valence-corrected chi connectivity index (χ4v) is 2.90. The average Bonchev–Trinajstić information content (AvgIpc) is 2.66. The van der Waals surface area contributed by atoms with Crippen molar-refractivity contribution in [1.29, 1.82) is 0 Å². The normalized spacial score (nSPS) is 14.1. The minimum absolute atomic E-state index is 0.105. The van der Waals surface area contributed by atoms with Gasteiger partial charge in [0.1, 0.15) is 12.3 Å². The number of morpholine rings is 1. The highest BCUT2D eigenvalue weighted by Gasteiger charge is 2.19. The Morgan fingerprint density at radius 2 is 1.96 bits per heavy atom. The number of hydrogen-bond donors (Lipinski definition) is 1. The Balaban J connectivity index is 1.75. The van der Waals surface area contributed by atoms with E-state index in [0.29, 0.717) is 50.2 Å². The standard InChI is InChI=1S/C19H24N4O4/c1-3-27-16-6-4-15(5-7-16)21-17(24)13-23-18(25)12-14(2)20-19(23)22-8-10-26-11-9-22/h4-7,12H,3,8-11,13H2,1-2H3,(H,21,24). The first-order valence-electron chi connectivity index (χ1n) is 9.00. The molecule has 0 aliphatic carbocycles. The van der Waals surface area contributed by atoms with E-state index < -0.39 is 0 Å². The predicted molar refractivity (Wildman–Crippen MR) is 103 cm³/mol. The maximum absolute atomic E-state index is 12.5. The molecule has 0 unspecified atom stereocenters. The number of carbonyl (C=O) groups is 1. The molecule has 1 aliphatic rings. The fourth-order valence-electron chi connectivity index (χ4n) is 2.90. The molecule has 0 spiro atoms. The van der Waals surface area contributed by atoms with Gasteiger partial charge in [0, 0.05) is 30.5 Å². The van der Waals surface area contributed by atoms with Crippen LogP contribution < -0.4 is 20.5 Å². The maximum atomic E-state index is 12.5. The van der Waals surface area contributed by atoms with Crippen LogP contribution in [0.5, 0.6) is 5.75 Å². The number of benzene rings is 1.